The number of rotatable bonds is 7. The van der Waals surface area contributed by atoms with Crippen LogP contribution in [0.4, 0.5) is 9.80 Å². The monoisotopic (exact) mass is 459 g/mol. The maximum Gasteiger partial charge on any atom is 0.341 e. The number of nitrogens with one attached hydrogen (secondary N) is 2. The Morgan fingerprint density at radius 2 is 2.06 bits per heavy atom. The fraction of sp³-hybridized carbons (Fsp3) is 0.455. The molecule has 2 fully saturated rings. The second-order valence-electron chi connectivity index (χ2n) is 7.88. The number of hydrogen-bond acceptors (Lipinski definition) is 7. The molecule has 170 valence electrons. The lowest BCUT2D eigenvalue weighted by Gasteiger charge is -2.30. The Bertz CT molecular complexity index is 1020. The Hall–Kier alpha value is -3.14. The predicted molar refractivity (Wildman–Crippen MR) is 117 cm³/mol. The Labute approximate surface area is 189 Å². The van der Waals surface area contributed by atoms with E-state index >= 15 is 0 Å². The second kappa shape index (κ2) is 9.15. The molecule has 0 unspecified atom stereocenters. The van der Waals surface area contributed by atoms with E-state index < -0.39 is 23.4 Å². The highest BCUT2D eigenvalue weighted by molar-refractivity contribution is 7.15. The molecule has 3 heterocycles. The molecule has 10 heteroatoms. The molecule has 2 aromatic heterocycles. The third-order valence-electron chi connectivity index (χ3n) is 5.83. The van der Waals surface area contributed by atoms with Gasteiger partial charge in [0.25, 0.3) is 5.91 Å². The van der Waals surface area contributed by atoms with Crippen LogP contribution in [0.1, 0.15) is 55.8 Å². The highest BCUT2D eigenvalue weighted by Crippen LogP contribution is 2.37. The normalized spacial score (nSPS) is 17.5. The molecule has 4 rings (SSSR count). The molecule has 1 aliphatic carbocycles. The van der Waals surface area contributed by atoms with E-state index in [1.807, 2.05) is 0 Å². The minimum Gasteiger partial charge on any atom is -0.464 e. The number of amides is 4. The number of imide groups is 1. The van der Waals surface area contributed by atoms with Crippen molar-refractivity contribution < 1.29 is 28.3 Å². The van der Waals surface area contributed by atoms with Crippen LogP contribution in [0, 0.1) is 0 Å². The molecule has 4 amide bonds. The molecule has 1 spiro atoms. The number of carbonyl (C=O) groups excluding carboxylic acids is 4. The zero-order valence-electron chi connectivity index (χ0n) is 17.8. The van der Waals surface area contributed by atoms with Crippen LogP contribution < -0.4 is 10.6 Å². The average Bonchev–Trinajstić information content (AvgIpc) is 3.48. The van der Waals surface area contributed by atoms with Gasteiger partial charge in [0.15, 0.2) is 0 Å². The van der Waals surface area contributed by atoms with E-state index in [-0.39, 0.29) is 31.0 Å². The summed E-state index contributed by atoms with van der Waals surface area (Å²) in [6.07, 6.45) is 5.53. The van der Waals surface area contributed by atoms with Gasteiger partial charge in [0.05, 0.1) is 12.9 Å². The number of nitrogens with zero attached hydrogens (tertiary/aromatic N) is 1. The van der Waals surface area contributed by atoms with Gasteiger partial charge in [-0.15, -0.1) is 11.3 Å². The predicted octanol–water partition coefficient (Wildman–Crippen LogP) is 3.77. The second-order valence-corrected chi connectivity index (χ2v) is 8.76. The van der Waals surface area contributed by atoms with Gasteiger partial charge in [-0.2, -0.15) is 0 Å². The molecule has 0 atom stereocenters. The molecule has 0 aromatic carbocycles. The van der Waals surface area contributed by atoms with Gasteiger partial charge in [-0.25, -0.2) is 9.59 Å². The first-order chi connectivity index (χ1) is 15.4. The zero-order valence-corrected chi connectivity index (χ0v) is 18.6. The summed E-state index contributed by atoms with van der Waals surface area (Å²) < 4.78 is 10.5. The number of anilines is 1. The summed E-state index contributed by atoms with van der Waals surface area (Å²) in [5.41, 5.74) is -0.0624. The number of ether oxygens (including phenoxy) is 1. The van der Waals surface area contributed by atoms with E-state index in [0.29, 0.717) is 29.2 Å². The first-order valence-corrected chi connectivity index (χ1v) is 11.6. The van der Waals surface area contributed by atoms with Crippen LogP contribution in [0.5, 0.6) is 0 Å². The first-order valence-electron chi connectivity index (χ1n) is 10.7. The van der Waals surface area contributed by atoms with Crippen molar-refractivity contribution in [2.45, 2.75) is 51.0 Å². The van der Waals surface area contributed by atoms with Crippen LogP contribution in [0.2, 0.25) is 0 Å². The molecular formula is C22H25N3O6S. The summed E-state index contributed by atoms with van der Waals surface area (Å²) in [6.45, 7) is 1.86. The molecule has 32 heavy (non-hydrogen) atoms. The number of carbonyl (C=O) groups is 4. The molecular weight excluding hydrogens is 434 g/mol. The smallest absolute Gasteiger partial charge is 0.341 e. The molecule has 9 nitrogen and oxygen atoms in total. The SMILES string of the molecule is CCOC(=O)c1c(-c2ccco2)csc1NC(=O)CCN1C(=O)NC2(CCCCC2)C1=O. The number of thiophene rings is 1. The van der Waals surface area contributed by atoms with Gasteiger partial charge in [0.1, 0.15) is 21.9 Å². The fourth-order valence-corrected chi connectivity index (χ4v) is 5.20. The molecule has 2 aromatic rings. The van der Waals surface area contributed by atoms with Crippen molar-refractivity contribution in [2.24, 2.45) is 0 Å². The lowest BCUT2D eigenvalue weighted by molar-refractivity contribution is -0.132. The fourth-order valence-electron chi connectivity index (χ4n) is 4.24. The van der Waals surface area contributed by atoms with Gasteiger partial charge in [-0.05, 0) is 31.9 Å². The first kappa shape index (κ1) is 22.1. The summed E-state index contributed by atoms with van der Waals surface area (Å²) in [4.78, 5) is 51.5. The van der Waals surface area contributed by atoms with Crippen molar-refractivity contribution in [2.75, 3.05) is 18.5 Å². The van der Waals surface area contributed by atoms with Gasteiger partial charge >= 0.3 is 12.0 Å². The summed E-state index contributed by atoms with van der Waals surface area (Å²) in [7, 11) is 0. The van der Waals surface area contributed by atoms with E-state index in [1.54, 1.807) is 24.4 Å². The number of esters is 1. The average molecular weight is 460 g/mol. The van der Waals surface area contributed by atoms with Gasteiger partial charge < -0.3 is 19.8 Å². The van der Waals surface area contributed by atoms with E-state index in [4.69, 9.17) is 9.15 Å². The number of hydrogen-bond donors (Lipinski definition) is 2. The van der Waals surface area contributed by atoms with E-state index in [2.05, 4.69) is 10.6 Å². The van der Waals surface area contributed by atoms with Crippen molar-refractivity contribution in [1.29, 1.82) is 0 Å². The van der Waals surface area contributed by atoms with Crippen LogP contribution in [0.15, 0.2) is 28.2 Å². The Morgan fingerprint density at radius 3 is 2.75 bits per heavy atom. The van der Waals surface area contributed by atoms with Crippen molar-refractivity contribution in [3.8, 4) is 11.3 Å². The van der Waals surface area contributed by atoms with Crippen molar-refractivity contribution >= 4 is 40.2 Å². The summed E-state index contributed by atoms with van der Waals surface area (Å²) in [5.74, 6) is -0.738. The van der Waals surface area contributed by atoms with Gasteiger partial charge in [0, 0.05) is 23.9 Å². The number of urea groups is 1. The minimum absolute atomic E-state index is 0.0244. The molecule has 2 N–H and O–H groups in total. The summed E-state index contributed by atoms with van der Waals surface area (Å²) >= 11 is 1.18. The van der Waals surface area contributed by atoms with Crippen molar-refractivity contribution in [1.82, 2.24) is 10.2 Å². The Morgan fingerprint density at radius 1 is 1.28 bits per heavy atom. The molecule has 0 bridgehead atoms. The Balaban J connectivity index is 1.44. The van der Waals surface area contributed by atoms with Crippen molar-refractivity contribution in [3.05, 3.63) is 29.3 Å². The Kier molecular flexibility index (Phi) is 6.31. The van der Waals surface area contributed by atoms with Crippen LogP contribution in [-0.2, 0) is 14.3 Å². The van der Waals surface area contributed by atoms with E-state index in [9.17, 15) is 19.2 Å². The van der Waals surface area contributed by atoms with Gasteiger partial charge in [-0.3, -0.25) is 14.5 Å². The molecule has 1 saturated carbocycles. The molecule has 2 aliphatic rings. The lowest BCUT2D eigenvalue weighted by Crippen LogP contribution is -2.48. The minimum atomic E-state index is -0.811. The van der Waals surface area contributed by atoms with Crippen LogP contribution >= 0.6 is 11.3 Å². The molecule has 1 saturated heterocycles. The maximum absolute atomic E-state index is 12.9. The standard InChI is InChI=1S/C22H25N3O6S/c1-2-30-19(27)17-14(15-7-6-12-31-15)13-32-18(17)23-16(26)8-11-25-20(28)22(24-21(25)29)9-4-3-5-10-22/h6-7,12-13H,2-5,8-11H2,1H3,(H,23,26)(H,24,29). The van der Waals surface area contributed by atoms with Gasteiger partial charge in [0.2, 0.25) is 5.91 Å². The summed E-state index contributed by atoms with van der Waals surface area (Å²) in [6, 6.07) is 2.97. The topological polar surface area (TPSA) is 118 Å². The molecule has 0 radical (unpaired) electrons. The number of furan rings is 1. The summed E-state index contributed by atoms with van der Waals surface area (Å²) in [5, 5.41) is 7.61. The largest absolute Gasteiger partial charge is 0.464 e. The van der Waals surface area contributed by atoms with Crippen LogP contribution in [-0.4, -0.2) is 47.4 Å². The highest BCUT2D eigenvalue weighted by atomic mass is 32.1. The lowest BCUT2D eigenvalue weighted by atomic mass is 9.82. The van der Waals surface area contributed by atoms with E-state index in [0.717, 1.165) is 24.2 Å². The van der Waals surface area contributed by atoms with Crippen LogP contribution in [0.3, 0.4) is 0 Å². The van der Waals surface area contributed by atoms with Crippen molar-refractivity contribution in [3.63, 3.8) is 0 Å². The zero-order chi connectivity index (χ0) is 22.7. The molecule has 1 aliphatic heterocycles. The van der Waals surface area contributed by atoms with Gasteiger partial charge in [-0.1, -0.05) is 19.3 Å². The maximum atomic E-state index is 12.9. The quantitative estimate of drug-likeness (QED) is 0.481. The third kappa shape index (κ3) is 4.14. The third-order valence-corrected chi connectivity index (χ3v) is 6.72. The van der Waals surface area contributed by atoms with Crippen LogP contribution in [0.25, 0.3) is 11.3 Å². The van der Waals surface area contributed by atoms with E-state index in [1.165, 1.54) is 17.6 Å². The highest BCUT2D eigenvalue weighted by Gasteiger charge is 2.51.